The molecule has 0 atom stereocenters. The minimum Gasteiger partial charge on any atom is -0.383 e. The van der Waals surface area contributed by atoms with E-state index in [0.29, 0.717) is 17.1 Å². The van der Waals surface area contributed by atoms with Crippen LogP contribution in [-0.2, 0) is 0 Å². The fourth-order valence-corrected chi connectivity index (χ4v) is 2.45. The zero-order valence-electron chi connectivity index (χ0n) is 13.9. The van der Waals surface area contributed by atoms with Crippen molar-refractivity contribution in [3.8, 4) is 0 Å². The predicted molar refractivity (Wildman–Crippen MR) is 96.7 cm³/mol. The summed E-state index contributed by atoms with van der Waals surface area (Å²) >= 11 is 0. The lowest BCUT2D eigenvalue weighted by atomic mass is 10.0. The number of benzene rings is 2. The summed E-state index contributed by atoms with van der Waals surface area (Å²) < 4.78 is 27.6. The first-order valence-electron chi connectivity index (χ1n) is 7.79. The maximum atomic E-state index is 13.8. The highest BCUT2D eigenvalue weighted by atomic mass is 19.1. The van der Waals surface area contributed by atoms with Crippen molar-refractivity contribution in [1.82, 2.24) is 4.98 Å². The van der Waals surface area contributed by atoms with Crippen molar-refractivity contribution in [2.45, 2.75) is 0 Å². The number of nitrogens with two attached hydrogens (primary N) is 2. The van der Waals surface area contributed by atoms with Gasteiger partial charge in [-0.3, -0.25) is 9.59 Å². The van der Waals surface area contributed by atoms with E-state index < -0.39 is 28.9 Å². The van der Waals surface area contributed by atoms with Crippen molar-refractivity contribution in [2.75, 3.05) is 11.1 Å². The van der Waals surface area contributed by atoms with Crippen LogP contribution in [0.15, 0.2) is 54.6 Å². The summed E-state index contributed by atoms with van der Waals surface area (Å²) in [4.78, 5) is 27.5. The Morgan fingerprint density at radius 2 is 1.56 bits per heavy atom. The molecule has 0 radical (unpaired) electrons. The van der Waals surface area contributed by atoms with Gasteiger partial charge in [0.1, 0.15) is 23.3 Å². The van der Waals surface area contributed by atoms with E-state index in [1.54, 1.807) is 12.1 Å². The number of nitrogen functional groups attached to an aromatic ring is 1. The summed E-state index contributed by atoms with van der Waals surface area (Å²) in [6.45, 7) is 0. The number of nitrogens with zero attached hydrogens (tertiary/aromatic N) is 1. The number of rotatable bonds is 5. The molecule has 0 unspecified atom stereocenters. The van der Waals surface area contributed by atoms with E-state index >= 15 is 0 Å². The molecule has 5 N–H and O–H groups in total. The van der Waals surface area contributed by atoms with Gasteiger partial charge < -0.3 is 16.8 Å². The smallest absolute Gasteiger partial charge is 0.248 e. The van der Waals surface area contributed by atoms with Gasteiger partial charge in [-0.05, 0) is 48.5 Å². The molecule has 0 aliphatic carbocycles. The van der Waals surface area contributed by atoms with Crippen molar-refractivity contribution in [3.05, 3.63) is 82.9 Å². The highest BCUT2D eigenvalue weighted by molar-refractivity contribution is 6.12. The Labute approximate surface area is 152 Å². The fraction of sp³-hybridized carbons (Fsp3) is 0. The number of anilines is 3. The van der Waals surface area contributed by atoms with E-state index in [0.717, 1.165) is 12.1 Å². The molecule has 0 aliphatic heterocycles. The molecule has 3 rings (SSSR count). The maximum absolute atomic E-state index is 13.8. The van der Waals surface area contributed by atoms with Crippen LogP contribution in [0.2, 0.25) is 0 Å². The fourth-order valence-electron chi connectivity index (χ4n) is 2.45. The number of pyridine rings is 1. The second-order valence-corrected chi connectivity index (χ2v) is 5.62. The number of hydrogen-bond donors (Lipinski definition) is 3. The molecule has 136 valence electrons. The Kier molecular flexibility index (Phi) is 4.80. The highest BCUT2D eigenvalue weighted by Crippen LogP contribution is 2.23. The summed E-state index contributed by atoms with van der Waals surface area (Å²) in [6.07, 6.45) is 0. The Hall–Kier alpha value is -3.81. The zero-order chi connectivity index (χ0) is 19.6. The molecule has 8 heteroatoms. The molecule has 6 nitrogen and oxygen atoms in total. The molecule has 0 spiro atoms. The zero-order valence-corrected chi connectivity index (χ0v) is 13.9. The molecule has 1 heterocycles. The lowest BCUT2D eigenvalue weighted by Crippen LogP contribution is -2.12. The van der Waals surface area contributed by atoms with Crippen molar-refractivity contribution in [2.24, 2.45) is 5.73 Å². The Morgan fingerprint density at radius 1 is 0.926 bits per heavy atom. The number of carbonyl (C=O) groups is 2. The third-order valence-corrected chi connectivity index (χ3v) is 3.80. The first kappa shape index (κ1) is 18.0. The number of amides is 1. The summed E-state index contributed by atoms with van der Waals surface area (Å²) in [7, 11) is 0. The van der Waals surface area contributed by atoms with Gasteiger partial charge >= 0.3 is 0 Å². The average Bonchev–Trinajstić information content (AvgIpc) is 2.62. The SMILES string of the molecule is NC(=O)c1ccc(Nc2ccc(C(=O)c3c(F)cccc3F)c(N)n2)cc1. The summed E-state index contributed by atoms with van der Waals surface area (Å²) in [5.74, 6) is -3.27. The summed E-state index contributed by atoms with van der Waals surface area (Å²) in [6, 6.07) is 12.2. The minimum absolute atomic E-state index is 0.117. The number of hydrogen-bond acceptors (Lipinski definition) is 5. The van der Waals surface area contributed by atoms with Gasteiger partial charge in [0, 0.05) is 11.3 Å². The molecular weight excluding hydrogens is 354 g/mol. The van der Waals surface area contributed by atoms with Gasteiger partial charge in [0.15, 0.2) is 0 Å². The van der Waals surface area contributed by atoms with Gasteiger partial charge in [-0.1, -0.05) is 6.07 Å². The van der Waals surface area contributed by atoms with Crippen molar-refractivity contribution in [1.29, 1.82) is 0 Å². The van der Waals surface area contributed by atoms with Gasteiger partial charge in [0.2, 0.25) is 11.7 Å². The number of nitrogens with one attached hydrogen (secondary N) is 1. The second-order valence-electron chi connectivity index (χ2n) is 5.62. The lowest BCUT2D eigenvalue weighted by Gasteiger charge is -2.10. The summed E-state index contributed by atoms with van der Waals surface area (Å²) in [5.41, 5.74) is 11.1. The third-order valence-electron chi connectivity index (χ3n) is 3.80. The molecule has 2 aromatic carbocycles. The van der Waals surface area contributed by atoms with E-state index in [1.165, 1.54) is 30.3 Å². The van der Waals surface area contributed by atoms with Crippen molar-refractivity contribution < 1.29 is 18.4 Å². The minimum atomic E-state index is -0.976. The number of carbonyl (C=O) groups excluding carboxylic acids is 2. The van der Waals surface area contributed by atoms with Crippen LogP contribution in [0.3, 0.4) is 0 Å². The van der Waals surface area contributed by atoms with Gasteiger partial charge in [0.25, 0.3) is 0 Å². The average molecular weight is 368 g/mol. The van der Waals surface area contributed by atoms with Crippen LogP contribution in [0.4, 0.5) is 26.1 Å². The molecule has 1 aromatic heterocycles. The second kappa shape index (κ2) is 7.20. The van der Waals surface area contributed by atoms with Crippen molar-refractivity contribution >= 4 is 29.0 Å². The third kappa shape index (κ3) is 3.74. The monoisotopic (exact) mass is 368 g/mol. The number of halogens is 2. The molecule has 0 saturated carbocycles. The van der Waals surface area contributed by atoms with E-state index in [4.69, 9.17) is 11.5 Å². The van der Waals surface area contributed by atoms with Gasteiger partial charge in [-0.25, -0.2) is 13.8 Å². The van der Waals surface area contributed by atoms with Crippen LogP contribution >= 0.6 is 0 Å². The predicted octanol–water partition coefficient (Wildman–Crippen LogP) is 3.02. The van der Waals surface area contributed by atoms with Gasteiger partial charge in [-0.15, -0.1) is 0 Å². The number of aromatic nitrogens is 1. The molecule has 0 saturated heterocycles. The summed E-state index contributed by atoms with van der Waals surface area (Å²) in [5, 5.41) is 2.94. The molecule has 0 fully saturated rings. The number of ketones is 1. The normalized spacial score (nSPS) is 10.4. The van der Waals surface area contributed by atoms with Gasteiger partial charge in [-0.2, -0.15) is 0 Å². The Morgan fingerprint density at radius 3 is 2.11 bits per heavy atom. The lowest BCUT2D eigenvalue weighted by molar-refractivity contribution is 0.0998. The van der Waals surface area contributed by atoms with E-state index in [9.17, 15) is 18.4 Å². The first-order valence-corrected chi connectivity index (χ1v) is 7.79. The molecular formula is C19H14F2N4O2. The van der Waals surface area contributed by atoms with Crippen LogP contribution < -0.4 is 16.8 Å². The Balaban J connectivity index is 1.85. The van der Waals surface area contributed by atoms with Crippen LogP contribution in [-0.4, -0.2) is 16.7 Å². The standard InChI is InChI=1S/C19H14F2N4O2/c20-13-2-1-3-14(21)16(13)17(26)12-8-9-15(25-18(12)22)24-11-6-4-10(5-7-11)19(23)27/h1-9H,(H2,23,27)(H3,22,24,25). The molecule has 27 heavy (non-hydrogen) atoms. The van der Waals surface area contributed by atoms with E-state index in [-0.39, 0.29) is 11.4 Å². The van der Waals surface area contributed by atoms with Crippen LogP contribution in [0.25, 0.3) is 0 Å². The first-order chi connectivity index (χ1) is 12.9. The quantitative estimate of drug-likeness (QED) is 0.600. The van der Waals surface area contributed by atoms with Crippen molar-refractivity contribution in [3.63, 3.8) is 0 Å². The van der Waals surface area contributed by atoms with E-state index in [1.807, 2.05) is 0 Å². The molecule has 1 amide bonds. The van der Waals surface area contributed by atoms with Gasteiger partial charge in [0.05, 0.1) is 11.1 Å². The highest BCUT2D eigenvalue weighted by Gasteiger charge is 2.21. The maximum Gasteiger partial charge on any atom is 0.248 e. The largest absolute Gasteiger partial charge is 0.383 e. The molecule has 3 aromatic rings. The molecule has 0 bridgehead atoms. The van der Waals surface area contributed by atoms with E-state index in [2.05, 4.69) is 10.3 Å². The number of primary amides is 1. The van der Waals surface area contributed by atoms with Crippen LogP contribution in [0.1, 0.15) is 26.3 Å². The molecule has 0 aliphatic rings. The van der Waals surface area contributed by atoms with Crippen LogP contribution in [0.5, 0.6) is 0 Å². The topological polar surface area (TPSA) is 111 Å². The van der Waals surface area contributed by atoms with Crippen LogP contribution in [0, 0.1) is 11.6 Å². The Bertz CT molecular complexity index is 1020.